The van der Waals surface area contributed by atoms with Gasteiger partial charge in [0.15, 0.2) is 5.78 Å². The van der Waals surface area contributed by atoms with Gasteiger partial charge in [0.25, 0.3) is 0 Å². The summed E-state index contributed by atoms with van der Waals surface area (Å²) in [5, 5.41) is 9.54. The van der Waals surface area contributed by atoms with Crippen molar-refractivity contribution in [3.63, 3.8) is 0 Å². The highest BCUT2D eigenvalue weighted by Gasteiger charge is 2.27. The van der Waals surface area contributed by atoms with Crippen molar-refractivity contribution >= 4 is 17.3 Å². The van der Waals surface area contributed by atoms with Gasteiger partial charge in [-0.3, -0.25) is 14.4 Å². The van der Waals surface area contributed by atoms with Crippen LogP contribution in [0.4, 0.5) is 0 Å². The number of rotatable bonds is 6. The van der Waals surface area contributed by atoms with Gasteiger partial charge in [0.05, 0.1) is 0 Å². The van der Waals surface area contributed by atoms with Crippen LogP contribution in [0.25, 0.3) is 0 Å². The molecule has 1 aromatic rings. The molecule has 4 nitrogen and oxygen atoms in total. The highest BCUT2D eigenvalue weighted by molar-refractivity contribution is 6.18. The van der Waals surface area contributed by atoms with Crippen LogP contribution in [0.3, 0.4) is 0 Å². The molecule has 96 valence electrons. The van der Waals surface area contributed by atoms with Crippen LogP contribution in [0.2, 0.25) is 0 Å². The lowest BCUT2D eigenvalue weighted by Gasteiger charge is -2.09. The number of hydrogen-bond donors (Lipinski definition) is 1. The third kappa shape index (κ3) is 3.52. The Hall–Kier alpha value is -1.97. The van der Waals surface area contributed by atoms with Gasteiger partial charge in [-0.05, 0) is 31.9 Å². The zero-order chi connectivity index (χ0) is 13.7. The number of phenols is 1. The number of Topliss-reactive ketones (excluding diaryl/α,β-unsaturated/α-hetero) is 3. The molecule has 0 saturated carbocycles. The Balaban J connectivity index is 2.69. The molecule has 0 aliphatic carbocycles. The van der Waals surface area contributed by atoms with Gasteiger partial charge in [0.2, 0.25) is 0 Å². The standard InChI is InChI=1S/C14H16O4/c1-9(15)14(10(2)16)13(18)8-7-11-5-3-4-6-12(11)17/h3-6,14,17H,7-8H2,1-2H3. The van der Waals surface area contributed by atoms with E-state index in [4.69, 9.17) is 0 Å². The number of ketones is 3. The molecule has 1 rings (SSSR count). The molecule has 1 N–H and O–H groups in total. The number of carbonyl (C=O) groups excluding carboxylic acids is 3. The van der Waals surface area contributed by atoms with Crippen molar-refractivity contribution in [1.82, 2.24) is 0 Å². The molecule has 0 heterocycles. The Labute approximate surface area is 106 Å². The van der Waals surface area contributed by atoms with Crippen LogP contribution in [0.5, 0.6) is 5.75 Å². The summed E-state index contributed by atoms with van der Waals surface area (Å²) in [4.78, 5) is 34.2. The van der Waals surface area contributed by atoms with E-state index in [1.165, 1.54) is 19.9 Å². The number of hydrogen-bond acceptors (Lipinski definition) is 4. The summed E-state index contributed by atoms with van der Waals surface area (Å²) in [5.74, 6) is -2.28. The molecule has 1 aromatic carbocycles. The minimum absolute atomic E-state index is 0.0708. The molecule has 4 heteroatoms. The predicted octanol–water partition coefficient (Wildman–Crippen LogP) is 1.69. The van der Waals surface area contributed by atoms with E-state index < -0.39 is 23.3 Å². The molecule has 0 radical (unpaired) electrons. The number of carbonyl (C=O) groups is 3. The molecule has 0 aliphatic rings. The average Bonchev–Trinajstić information content (AvgIpc) is 2.27. The van der Waals surface area contributed by atoms with Crippen LogP contribution in [0.1, 0.15) is 25.8 Å². The van der Waals surface area contributed by atoms with E-state index in [1.54, 1.807) is 18.2 Å². The van der Waals surface area contributed by atoms with Gasteiger partial charge in [0, 0.05) is 6.42 Å². The van der Waals surface area contributed by atoms with Crippen LogP contribution in [-0.4, -0.2) is 22.5 Å². The Morgan fingerprint density at radius 2 is 1.67 bits per heavy atom. The van der Waals surface area contributed by atoms with E-state index in [0.29, 0.717) is 12.0 Å². The van der Waals surface area contributed by atoms with Crippen molar-refractivity contribution < 1.29 is 19.5 Å². The van der Waals surface area contributed by atoms with E-state index in [2.05, 4.69) is 0 Å². The smallest absolute Gasteiger partial charge is 0.151 e. The van der Waals surface area contributed by atoms with Crippen molar-refractivity contribution in [1.29, 1.82) is 0 Å². The summed E-state index contributed by atoms with van der Waals surface area (Å²) in [5.41, 5.74) is 0.636. The second-order valence-electron chi connectivity index (χ2n) is 4.25. The first-order chi connectivity index (χ1) is 8.43. The summed E-state index contributed by atoms with van der Waals surface area (Å²) in [6.07, 6.45) is 0.393. The van der Waals surface area contributed by atoms with Crippen molar-refractivity contribution in [2.24, 2.45) is 5.92 Å². The first-order valence-corrected chi connectivity index (χ1v) is 5.74. The lowest BCUT2D eigenvalue weighted by Crippen LogP contribution is -2.28. The van der Waals surface area contributed by atoms with Gasteiger partial charge in [-0.2, -0.15) is 0 Å². The number of phenolic OH excluding ortho intramolecular Hbond substituents is 1. The molecule has 0 bridgehead atoms. The minimum atomic E-state index is -1.16. The van der Waals surface area contributed by atoms with Crippen LogP contribution in [0.15, 0.2) is 24.3 Å². The van der Waals surface area contributed by atoms with Gasteiger partial charge >= 0.3 is 0 Å². The normalized spacial score (nSPS) is 10.4. The highest BCUT2D eigenvalue weighted by atomic mass is 16.3. The van der Waals surface area contributed by atoms with Gasteiger partial charge in [-0.15, -0.1) is 0 Å². The van der Waals surface area contributed by atoms with E-state index >= 15 is 0 Å². The molecular weight excluding hydrogens is 232 g/mol. The molecule has 0 fully saturated rings. The summed E-state index contributed by atoms with van der Waals surface area (Å²) < 4.78 is 0. The Kier molecular flexibility index (Phi) is 4.77. The Morgan fingerprint density at radius 3 is 2.17 bits per heavy atom. The highest BCUT2D eigenvalue weighted by Crippen LogP contribution is 2.18. The second-order valence-corrected chi connectivity index (χ2v) is 4.25. The molecule has 0 saturated heterocycles. The van der Waals surface area contributed by atoms with Crippen LogP contribution in [-0.2, 0) is 20.8 Å². The first-order valence-electron chi connectivity index (χ1n) is 5.74. The maximum absolute atomic E-state index is 11.8. The molecule has 0 amide bonds. The van der Waals surface area contributed by atoms with Crippen molar-refractivity contribution in [3.05, 3.63) is 29.8 Å². The maximum atomic E-state index is 11.8. The van der Waals surface area contributed by atoms with E-state index in [9.17, 15) is 19.5 Å². The SMILES string of the molecule is CC(=O)C(C(C)=O)C(=O)CCc1ccccc1O. The molecule has 0 aliphatic heterocycles. The maximum Gasteiger partial charge on any atom is 0.151 e. The van der Waals surface area contributed by atoms with Gasteiger partial charge < -0.3 is 5.11 Å². The first kappa shape index (κ1) is 14.1. The number of aromatic hydroxyl groups is 1. The van der Waals surface area contributed by atoms with E-state index in [1.807, 2.05) is 0 Å². The molecule has 0 aromatic heterocycles. The lowest BCUT2D eigenvalue weighted by atomic mass is 9.92. The van der Waals surface area contributed by atoms with Crippen molar-refractivity contribution in [2.45, 2.75) is 26.7 Å². The number of aryl methyl sites for hydroxylation is 1. The summed E-state index contributed by atoms with van der Waals surface area (Å²) >= 11 is 0. The molecule has 0 unspecified atom stereocenters. The zero-order valence-corrected chi connectivity index (χ0v) is 10.5. The fourth-order valence-electron chi connectivity index (χ4n) is 1.86. The largest absolute Gasteiger partial charge is 0.508 e. The average molecular weight is 248 g/mol. The second kappa shape index (κ2) is 6.10. The summed E-state index contributed by atoms with van der Waals surface area (Å²) in [6, 6.07) is 6.69. The van der Waals surface area contributed by atoms with Gasteiger partial charge in [-0.1, -0.05) is 18.2 Å². The predicted molar refractivity (Wildman–Crippen MR) is 66.3 cm³/mol. The Bertz CT molecular complexity index is 462. The Morgan fingerprint density at radius 1 is 1.11 bits per heavy atom. The van der Waals surface area contributed by atoms with Gasteiger partial charge in [0.1, 0.15) is 23.2 Å². The molecule has 0 atom stereocenters. The van der Waals surface area contributed by atoms with Crippen molar-refractivity contribution in [2.75, 3.05) is 0 Å². The number of benzene rings is 1. The minimum Gasteiger partial charge on any atom is -0.508 e. The van der Waals surface area contributed by atoms with Gasteiger partial charge in [-0.25, -0.2) is 0 Å². The molecule has 18 heavy (non-hydrogen) atoms. The zero-order valence-electron chi connectivity index (χ0n) is 10.5. The third-order valence-electron chi connectivity index (χ3n) is 2.77. The third-order valence-corrected chi connectivity index (χ3v) is 2.77. The lowest BCUT2D eigenvalue weighted by molar-refractivity contribution is -0.138. The fraction of sp³-hybridized carbons (Fsp3) is 0.357. The summed E-state index contributed by atoms with van der Waals surface area (Å²) in [6.45, 7) is 2.48. The van der Waals surface area contributed by atoms with Crippen LogP contribution in [0, 0.1) is 5.92 Å². The topological polar surface area (TPSA) is 71.4 Å². The number of para-hydroxylation sites is 1. The van der Waals surface area contributed by atoms with E-state index in [-0.39, 0.29) is 12.2 Å². The molecule has 0 spiro atoms. The van der Waals surface area contributed by atoms with Crippen LogP contribution >= 0.6 is 0 Å². The van der Waals surface area contributed by atoms with Crippen LogP contribution < -0.4 is 0 Å². The van der Waals surface area contributed by atoms with Crippen molar-refractivity contribution in [3.8, 4) is 5.75 Å². The fourth-order valence-corrected chi connectivity index (χ4v) is 1.86. The quantitative estimate of drug-likeness (QED) is 0.777. The molecular formula is C14H16O4. The van der Waals surface area contributed by atoms with E-state index in [0.717, 1.165) is 0 Å². The summed E-state index contributed by atoms with van der Waals surface area (Å²) in [7, 11) is 0. The monoisotopic (exact) mass is 248 g/mol.